The van der Waals surface area contributed by atoms with E-state index in [1.807, 2.05) is 55.5 Å². The summed E-state index contributed by atoms with van der Waals surface area (Å²) in [5, 5.41) is 1.02. The normalized spacial score (nSPS) is 10.6. The highest BCUT2D eigenvalue weighted by Crippen LogP contribution is 2.19. The minimum absolute atomic E-state index is 0.393. The van der Waals surface area contributed by atoms with Crippen LogP contribution in [0.15, 0.2) is 60.8 Å². The molecule has 0 fully saturated rings. The Kier molecular flexibility index (Phi) is 2.80. The van der Waals surface area contributed by atoms with Gasteiger partial charge in [0.25, 0.3) is 0 Å². The van der Waals surface area contributed by atoms with E-state index in [2.05, 4.69) is 0 Å². The lowest BCUT2D eigenvalue weighted by atomic mass is 10.2. The zero-order chi connectivity index (χ0) is 13.2. The third-order valence-electron chi connectivity index (χ3n) is 3.09. The summed E-state index contributed by atoms with van der Waals surface area (Å²) in [5.41, 5.74) is 1.79. The Morgan fingerprint density at radius 3 is 2.58 bits per heavy atom. The summed E-state index contributed by atoms with van der Waals surface area (Å²) in [6.07, 6.45) is 1.33. The van der Waals surface area contributed by atoms with Gasteiger partial charge in [0.05, 0.1) is 5.52 Å². The van der Waals surface area contributed by atoms with Crippen molar-refractivity contribution in [2.45, 2.75) is 6.92 Å². The molecular formula is C16H13NO2. The summed E-state index contributed by atoms with van der Waals surface area (Å²) in [6, 6.07) is 17.1. The molecule has 94 valence electrons. The summed E-state index contributed by atoms with van der Waals surface area (Å²) in [7, 11) is 0. The lowest BCUT2D eigenvalue weighted by molar-refractivity contribution is 0.203. The number of hydrogen-bond donors (Lipinski definition) is 0. The van der Waals surface area contributed by atoms with Crippen LogP contribution in [-0.4, -0.2) is 10.7 Å². The Bertz CT molecular complexity index is 743. The van der Waals surface area contributed by atoms with E-state index in [0.717, 1.165) is 16.5 Å². The fraction of sp³-hybridized carbons (Fsp3) is 0.0625. The number of rotatable bonds is 1. The van der Waals surface area contributed by atoms with Crippen LogP contribution in [0.5, 0.6) is 5.75 Å². The van der Waals surface area contributed by atoms with Crippen molar-refractivity contribution < 1.29 is 9.53 Å². The molecule has 1 heterocycles. The predicted molar refractivity (Wildman–Crippen MR) is 74.5 cm³/mol. The molecule has 0 bridgehead atoms. The van der Waals surface area contributed by atoms with Crippen molar-refractivity contribution in [1.82, 2.24) is 4.57 Å². The van der Waals surface area contributed by atoms with Crippen molar-refractivity contribution in [3.63, 3.8) is 0 Å². The molecule has 0 unspecified atom stereocenters. The van der Waals surface area contributed by atoms with Crippen molar-refractivity contribution >= 4 is 17.0 Å². The summed E-state index contributed by atoms with van der Waals surface area (Å²) < 4.78 is 6.94. The highest BCUT2D eigenvalue weighted by atomic mass is 16.6. The Labute approximate surface area is 111 Å². The molecular weight excluding hydrogens is 238 g/mol. The van der Waals surface area contributed by atoms with Gasteiger partial charge < -0.3 is 4.74 Å². The van der Waals surface area contributed by atoms with Crippen molar-refractivity contribution in [3.05, 3.63) is 66.4 Å². The van der Waals surface area contributed by atoms with Gasteiger partial charge in [-0.15, -0.1) is 0 Å². The van der Waals surface area contributed by atoms with Crippen molar-refractivity contribution in [1.29, 1.82) is 0 Å². The predicted octanol–water partition coefficient (Wildman–Crippen LogP) is 4.00. The molecule has 19 heavy (non-hydrogen) atoms. The number of hydrogen-bond acceptors (Lipinski definition) is 2. The molecule has 0 atom stereocenters. The number of fused-ring (bicyclic) bond motifs is 1. The number of para-hydroxylation sites is 2. The highest BCUT2D eigenvalue weighted by Gasteiger charge is 2.11. The fourth-order valence-corrected chi connectivity index (χ4v) is 2.06. The molecule has 3 nitrogen and oxygen atoms in total. The van der Waals surface area contributed by atoms with Gasteiger partial charge in [-0.25, -0.2) is 4.79 Å². The smallest absolute Gasteiger partial charge is 0.409 e. The summed E-state index contributed by atoms with van der Waals surface area (Å²) in [6.45, 7) is 1.91. The standard InChI is InChI=1S/C16H13NO2/c1-12-6-2-5-9-15(12)19-16(18)17-11-10-13-7-3-4-8-14(13)17/h2-11H,1H3. The number of aryl methyl sites for hydroxylation is 1. The molecule has 0 aliphatic carbocycles. The van der Waals surface area contributed by atoms with Crippen molar-refractivity contribution in [2.24, 2.45) is 0 Å². The minimum atomic E-state index is -0.393. The van der Waals surface area contributed by atoms with Crippen LogP contribution < -0.4 is 4.74 Å². The molecule has 0 spiro atoms. The van der Waals surface area contributed by atoms with Gasteiger partial charge in [-0.2, -0.15) is 0 Å². The van der Waals surface area contributed by atoms with Crippen LogP contribution >= 0.6 is 0 Å². The number of carbonyl (C=O) groups excluding carboxylic acids is 1. The summed E-state index contributed by atoms with van der Waals surface area (Å²) >= 11 is 0. The maximum absolute atomic E-state index is 12.2. The Hall–Kier alpha value is -2.55. The van der Waals surface area contributed by atoms with Gasteiger partial charge in [0, 0.05) is 11.6 Å². The summed E-state index contributed by atoms with van der Waals surface area (Å²) in [5.74, 6) is 0.588. The maximum Gasteiger partial charge on any atom is 0.423 e. The molecule has 3 heteroatoms. The first-order chi connectivity index (χ1) is 9.25. The van der Waals surface area contributed by atoms with Crippen molar-refractivity contribution in [3.8, 4) is 5.75 Å². The maximum atomic E-state index is 12.2. The van der Waals surface area contributed by atoms with E-state index in [1.165, 1.54) is 4.57 Å². The minimum Gasteiger partial charge on any atom is -0.409 e. The van der Waals surface area contributed by atoms with E-state index in [0.29, 0.717) is 5.75 Å². The van der Waals surface area contributed by atoms with E-state index in [4.69, 9.17) is 4.74 Å². The number of carbonyl (C=O) groups is 1. The first-order valence-electron chi connectivity index (χ1n) is 6.09. The zero-order valence-electron chi connectivity index (χ0n) is 10.5. The van der Waals surface area contributed by atoms with Crippen molar-refractivity contribution in [2.75, 3.05) is 0 Å². The Balaban J connectivity index is 1.95. The van der Waals surface area contributed by atoms with E-state index in [-0.39, 0.29) is 0 Å². The van der Waals surface area contributed by atoms with E-state index in [9.17, 15) is 4.79 Å². The quantitative estimate of drug-likeness (QED) is 0.654. The first kappa shape index (κ1) is 11.5. The molecule has 0 N–H and O–H groups in total. The van der Waals surface area contributed by atoms with Crippen LogP contribution in [0.25, 0.3) is 10.9 Å². The van der Waals surface area contributed by atoms with Gasteiger partial charge >= 0.3 is 6.09 Å². The van der Waals surface area contributed by atoms with Crippen LogP contribution in [0, 0.1) is 6.92 Å². The van der Waals surface area contributed by atoms with Gasteiger partial charge in [0.15, 0.2) is 0 Å². The number of benzene rings is 2. The highest BCUT2D eigenvalue weighted by molar-refractivity contribution is 5.90. The molecule has 0 saturated carbocycles. The second-order valence-electron chi connectivity index (χ2n) is 4.38. The average molecular weight is 251 g/mol. The average Bonchev–Trinajstić information content (AvgIpc) is 2.85. The van der Waals surface area contributed by atoms with Crippen LogP contribution in [0.3, 0.4) is 0 Å². The molecule has 3 aromatic rings. The Morgan fingerprint density at radius 2 is 1.74 bits per heavy atom. The molecule has 0 radical (unpaired) electrons. The molecule has 1 aromatic heterocycles. The molecule has 0 amide bonds. The topological polar surface area (TPSA) is 31.2 Å². The lowest BCUT2D eigenvalue weighted by Gasteiger charge is -2.08. The van der Waals surface area contributed by atoms with E-state index < -0.39 is 6.09 Å². The second-order valence-corrected chi connectivity index (χ2v) is 4.38. The molecule has 0 saturated heterocycles. The first-order valence-corrected chi connectivity index (χ1v) is 6.09. The van der Waals surface area contributed by atoms with Gasteiger partial charge in [-0.1, -0.05) is 36.4 Å². The molecule has 0 aliphatic rings. The van der Waals surface area contributed by atoms with E-state index in [1.54, 1.807) is 12.3 Å². The van der Waals surface area contributed by atoms with Crippen LogP contribution in [0.4, 0.5) is 4.79 Å². The van der Waals surface area contributed by atoms with E-state index >= 15 is 0 Å². The zero-order valence-corrected chi connectivity index (χ0v) is 10.5. The fourth-order valence-electron chi connectivity index (χ4n) is 2.06. The van der Waals surface area contributed by atoms with Gasteiger partial charge in [0.2, 0.25) is 0 Å². The largest absolute Gasteiger partial charge is 0.423 e. The van der Waals surface area contributed by atoms with Crippen LogP contribution in [0.1, 0.15) is 5.56 Å². The van der Waals surface area contributed by atoms with Crippen LogP contribution in [-0.2, 0) is 0 Å². The lowest BCUT2D eigenvalue weighted by Crippen LogP contribution is -2.16. The summed E-state index contributed by atoms with van der Waals surface area (Å²) in [4.78, 5) is 12.2. The second kappa shape index (κ2) is 4.61. The third kappa shape index (κ3) is 2.10. The van der Waals surface area contributed by atoms with Gasteiger partial charge in [0.1, 0.15) is 5.75 Å². The molecule has 3 rings (SSSR count). The van der Waals surface area contributed by atoms with Gasteiger partial charge in [-0.05, 0) is 30.7 Å². The Morgan fingerprint density at radius 1 is 1.00 bits per heavy atom. The van der Waals surface area contributed by atoms with Gasteiger partial charge in [-0.3, -0.25) is 4.57 Å². The number of ether oxygens (including phenoxy) is 1. The SMILES string of the molecule is Cc1ccccc1OC(=O)n1ccc2ccccc21. The van der Waals surface area contributed by atoms with Crippen LogP contribution in [0.2, 0.25) is 0 Å². The number of nitrogens with zero attached hydrogens (tertiary/aromatic N) is 1. The monoisotopic (exact) mass is 251 g/mol. The molecule has 2 aromatic carbocycles. The number of aromatic nitrogens is 1. The third-order valence-corrected chi connectivity index (χ3v) is 3.09. The molecule has 0 aliphatic heterocycles.